The quantitative estimate of drug-likeness (QED) is 0.339. The molecule has 1 aromatic heterocycles. The summed E-state index contributed by atoms with van der Waals surface area (Å²) < 4.78 is 8.43. The van der Waals surface area contributed by atoms with Gasteiger partial charge in [-0.3, -0.25) is 9.48 Å². The standard InChI is InChI=1S/C31H32BrN3O3/c1-5-38-30(37)26-19(2)33-24-15-31(3,4)16-25(36)28(24)27(26)23-18-35(17-20-11-13-22(32)14-12-20)34-29(23)21-9-7-6-8-10-21/h6-14,18,27,33H,5,15-17H2,1-4H3/t27-/m1/s1. The third-order valence-corrected chi connectivity index (χ3v) is 7.67. The molecule has 6 nitrogen and oxygen atoms in total. The SMILES string of the molecule is CCOC(=O)C1=C(C)NC2=C(C(=O)CC(C)(C)C2)[C@@H]1c1cn(Cc2ccc(Br)cc2)nc1-c1ccccc1. The van der Waals surface area contributed by atoms with Crippen molar-refractivity contribution in [2.75, 3.05) is 6.61 Å². The minimum atomic E-state index is -0.567. The molecule has 0 radical (unpaired) electrons. The summed E-state index contributed by atoms with van der Waals surface area (Å²) in [5.41, 5.74) is 6.19. The molecule has 7 heteroatoms. The molecule has 38 heavy (non-hydrogen) atoms. The lowest BCUT2D eigenvalue weighted by atomic mass is 9.68. The highest BCUT2D eigenvalue weighted by atomic mass is 79.9. The number of Topliss-reactive ketones (excluding diaryl/α,β-unsaturated/α-hetero) is 1. The van der Waals surface area contributed by atoms with Crippen LogP contribution in [0.15, 0.2) is 87.8 Å². The Morgan fingerprint density at radius 2 is 1.84 bits per heavy atom. The number of nitrogens with one attached hydrogen (secondary N) is 1. The zero-order valence-corrected chi connectivity index (χ0v) is 23.8. The first kappa shape index (κ1) is 26.2. The molecule has 0 saturated carbocycles. The van der Waals surface area contributed by atoms with E-state index in [-0.39, 0.29) is 17.8 Å². The number of hydrogen-bond acceptors (Lipinski definition) is 5. The highest BCUT2D eigenvalue weighted by molar-refractivity contribution is 9.10. The molecule has 0 bridgehead atoms. The van der Waals surface area contributed by atoms with Gasteiger partial charge in [-0.05, 0) is 43.4 Å². The van der Waals surface area contributed by atoms with Gasteiger partial charge in [0.15, 0.2) is 5.78 Å². The number of aromatic nitrogens is 2. The third kappa shape index (κ3) is 5.12. The van der Waals surface area contributed by atoms with Gasteiger partial charge < -0.3 is 10.1 Å². The molecule has 3 aromatic rings. The fraction of sp³-hybridized carbons (Fsp3) is 0.323. The van der Waals surface area contributed by atoms with Gasteiger partial charge in [-0.2, -0.15) is 5.10 Å². The van der Waals surface area contributed by atoms with Crippen molar-refractivity contribution in [1.82, 2.24) is 15.1 Å². The van der Waals surface area contributed by atoms with Gasteiger partial charge in [-0.25, -0.2) is 4.79 Å². The molecule has 196 valence electrons. The van der Waals surface area contributed by atoms with Gasteiger partial charge in [0.2, 0.25) is 0 Å². The smallest absolute Gasteiger partial charge is 0.336 e. The van der Waals surface area contributed by atoms with E-state index in [0.29, 0.717) is 24.1 Å². The Hall–Kier alpha value is -3.45. The number of rotatable bonds is 6. The van der Waals surface area contributed by atoms with Crippen LogP contribution in [-0.4, -0.2) is 28.1 Å². The molecular weight excluding hydrogens is 542 g/mol. The molecule has 0 amide bonds. The first-order chi connectivity index (χ1) is 18.2. The number of nitrogens with zero attached hydrogens (tertiary/aromatic N) is 2. The van der Waals surface area contributed by atoms with Gasteiger partial charge in [0.25, 0.3) is 0 Å². The fourth-order valence-corrected chi connectivity index (χ4v) is 5.82. The van der Waals surface area contributed by atoms with Gasteiger partial charge in [-0.15, -0.1) is 0 Å². The van der Waals surface area contributed by atoms with Crippen molar-refractivity contribution in [3.63, 3.8) is 0 Å². The topological polar surface area (TPSA) is 73.2 Å². The fourth-order valence-electron chi connectivity index (χ4n) is 5.55. The zero-order valence-electron chi connectivity index (χ0n) is 22.2. The Bertz CT molecular complexity index is 1450. The summed E-state index contributed by atoms with van der Waals surface area (Å²) in [5, 5.41) is 8.42. The van der Waals surface area contributed by atoms with E-state index in [1.807, 2.05) is 60.3 Å². The summed E-state index contributed by atoms with van der Waals surface area (Å²) in [4.78, 5) is 27.1. The predicted molar refractivity (Wildman–Crippen MR) is 151 cm³/mol. The van der Waals surface area contributed by atoms with Gasteiger partial charge in [0, 0.05) is 45.2 Å². The van der Waals surface area contributed by atoms with Crippen LogP contribution in [0.25, 0.3) is 11.3 Å². The molecule has 1 aliphatic carbocycles. The zero-order chi connectivity index (χ0) is 27.0. The van der Waals surface area contributed by atoms with Crippen LogP contribution in [0.5, 0.6) is 0 Å². The van der Waals surface area contributed by atoms with E-state index < -0.39 is 11.9 Å². The first-order valence-electron chi connectivity index (χ1n) is 12.9. The number of esters is 1. The van der Waals surface area contributed by atoms with Gasteiger partial charge in [0.05, 0.1) is 30.3 Å². The van der Waals surface area contributed by atoms with Crippen molar-refractivity contribution in [3.8, 4) is 11.3 Å². The van der Waals surface area contributed by atoms with E-state index in [1.165, 1.54) is 0 Å². The number of halogens is 1. The van der Waals surface area contributed by atoms with Crippen molar-refractivity contribution in [2.45, 2.75) is 53.0 Å². The average molecular weight is 575 g/mol. The van der Waals surface area contributed by atoms with E-state index in [4.69, 9.17) is 9.84 Å². The first-order valence-corrected chi connectivity index (χ1v) is 13.7. The summed E-state index contributed by atoms with van der Waals surface area (Å²) >= 11 is 3.50. The monoisotopic (exact) mass is 573 g/mol. The Morgan fingerprint density at radius 1 is 1.13 bits per heavy atom. The van der Waals surface area contributed by atoms with Crippen LogP contribution in [0, 0.1) is 5.41 Å². The average Bonchev–Trinajstić information content (AvgIpc) is 3.28. The van der Waals surface area contributed by atoms with Crippen LogP contribution in [0.1, 0.15) is 57.6 Å². The number of benzene rings is 2. The second kappa shape index (κ2) is 10.4. The Balaban J connectivity index is 1.71. The lowest BCUT2D eigenvalue weighted by molar-refractivity contribution is -0.138. The molecule has 0 unspecified atom stereocenters. The molecule has 0 spiro atoms. The van der Waals surface area contributed by atoms with E-state index >= 15 is 0 Å². The Morgan fingerprint density at radius 3 is 2.53 bits per heavy atom. The van der Waals surface area contributed by atoms with Crippen LogP contribution in [0.4, 0.5) is 0 Å². The summed E-state index contributed by atoms with van der Waals surface area (Å²) in [6, 6.07) is 18.1. The molecule has 0 saturated heterocycles. The number of carbonyl (C=O) groups is 2. The minimum absolute atomic E-state index is 0.0581. The molecule has 1 aliphatic heterocycles. The summed E-state index contributed by atoms with van der Waals surface area (Å²) in [6.45, 7) is 8.72. The highest BCUT2D eigenvalue weighted by Crippen LogP contribution is 2.48. The van der Waals surface area contributed by atoms with Crippen LogP contribution in [0.3, 0.4) is 0 Å². The van der Waals surface area contributed by atoms with Gasteiger partial charge >= 0.3 is 5.97 Å². The normalized spacial score (nSPS) is 18.8. The minimum Gasteiger partial charge on any atom is -0.463 e. The van der Waals surface area contributed by atoms with E-state index in [0.717, 1.165) is 44.7 Å². The van der Waals surface area contributed by atoms with Crippen molar-refractivity contribution < 1.29 is 14.3 Å². The molecule has 2 aromatic carbocycles. The lowest BCUT2D eigenvalue weighted by Crippen LogP contribution is -2.38. The molecule has 1 N–H and O–H groups in total. The van der Waals surface area contributed by atoms with Crippen molar-refractivity contribution >= 4 is 27.7 Å². The lowest BCUT2D eigenvalue weighted by Gasteiger charge is -2.39. The van der Waals surface area contributed by atoms with Crippen LogP contribution >= 0.6 is 15.9 Å². The maximum absolute atomic E-state index is 13.7. The number of ether oxygens (including phenoxy) is 1. The number of ketones is 1. The van der Waals surface area contributed by atoms with Gasteiger partial charge in [-0.1, -0.05) is 72.2 Å². The number of hydrogen-bond donors (Lipinski definition) is 1. The second-order valence-electron chi connectivity index (χ2n) is 10.8. The van der Waals surface area contributed by atoms with Crippen LogP contribution in [0.2, 0.25) is 0 Å². The number of allylic oxidation sites excluding steroid dienone is 3. The largest absolute Gasteiger partial charge is 0.463 e. The van der Waals surface area contributed by atoms with Crippen molar-refractivity contribution in [2.24, 2.45) is 5.41 Å². The maximum Gasteiger partial charge on any atom is 0.336 e. The number of carbonyl (C=O) groups excluding carboxylic acids is 2. The number of dihydropyridines is 1. The van der Waals surface area contributed by atoms with E-state index in [1.54, 1.807) is 6.92 Å². The summed E-state index contributed by atoms with van der Waals surface area (Å²) in [7, 11) is 0. The molecule has 1 atom stereocenters. The van der Waals surface area contributed by atoms with E-state index in [9.17, 15) is 9.59 Å². The Kier molecular flexibility index (Phi) is 7.14. The van der Waals surface area contributed by atoms with Crippen molar-refractivity contribution in [3.05, 3.63) is 98.9 Å². The van der Waals surface area contributed by atoms with Gasteiger partial charge in [0.1, 0.15) is 0 Å². The molecule has 2 heterocycles. The van der Waals surface area contributed by atoms with Crippen LogP contribution < -0.4 is 5.32 Å². The Labute approximate surface area is 231 Å². The predicted octanol–water partition coefficient (Wildman–Crippen LogP) is 6.53. The maximum atomic E-state index is 13.7. The van der Waals surface area contributed by atoms with Crippen LogP contribution in [-0.2, 0) is 20.9 Å². The highest BCUT2D eigenvalue weighted by Gasteiger charge is 2.44. The second-order valence-corrected chi connectivity index (χ2v) is 11.7. The van der Waals surface area contributed by atoms with E-state index in [2.05, 4.69) is 47.2 Å². The molecule has 5 rings (SSSR count). The molecular formula is C31H32BrN3O3. The molecule has 0 fully saturated rings. The summed E-state index contributed by atoms with van der Waals surface area (Å²) in [5.74, 6) is -0.920. The summed E-state index contributed by atoms with van der Waals surface area (Å²) in [6.07, 6.45) is 3.14. The third-order valence-electron chi connectivity index (χ3n) is 7.14. The molecule has 2 aliphatic rings. The van der Waals surface area contributed by atoms with Crippen molar-refractivity contribution in [1.29, 1.82) is 0 Å².